The topological polar surface area (TPSA) is 75.7 Å². The van der Waals surface area contributed by atoms with E-state index < -0.39 is 0 Å². The van der Waals surface area contributed by atoms with Crippen molar-refractivity contribution in [1.82, 2.24) is 10.2 Å². The maximum atomic E-state index is 12.3. The van der Waals surface area contributed by atoms with Crippen molar-refractivity contribution in [2.45, 2.75) is 51.0 Å². The van der Waals surface area contributed by atoms with Gasteiger partial charge in [-0.1, -0.05) is 25.3 Å². The van der Waals surface area contributed by atoms with Gasteiger partial charge in [-0.25, -0.2) is 0 Å². The first kappa shape index (κ1) is 18.9. The maximum Gasteiger partial charge on any atom is 0.309 e. The fraction of sp³-hybridized carbons (Fsp3) is 0.632. The largest absolute Gasteiger partial charge is 0.455 e. The predicted octanol–water partition coefficient (Wildman–Crippen LogP) is 2.59. The number of carbonyl (C=O) groups is 3. The van der Waals surface area contributed by atoms with Gasteiger partial charge in [-0.3, -0.25) is 14.4 Å². The number of amides is 2. The van der Waals surface area contributed by atoms with Crippen LogP contribution in [0.4, 0.5) is 0 Å². The molecular weight excluding hydrogens is 352 g/mol. The molecular formula is C19H26N2O4S. The van der Waals surface area contributed by atoms with Crippen LogP contribution >= 0.6 is 11.3 Å². The molecule has 2 aliphatic rings. The molecule has 26 heavy (non-hydrogen) atoms. The number of nitrogens with one attached hydrogen (secondary N) is 1. The van der Waals surface area contributed by atoms with Crippen LogP contribution in [0.5, 0.6) is 0 Å². The van der Waals surface area contributed by atoms with E-state index in [0.29, 0.717) is 25.9 Å². The number of esters is 1. The fourth-order valence-electron chi connectivity index (χ4n) is 3.65. The highest BCUT2D eigenvalue weighted by molar-refractivity contribution is 7.12. The van der Waals surface area contributed by atoms with E-state index in [0.717, 1.165) is 30.6 Å². The van der Waals surface area contributed by atoms with Gasteiger partial charge in [-0.15, -0.1) is 11.3 Å². The van der Waals surface area contributed by atoms with Gasteiger partial charge in [0.15, 0.2) is 6.61 Å². The number of thiophene rings is 1. The third-order valence-electron chi connectivity index (χ3n) is 5.16. The van der Waals surface area contributed by atoms with Crippen molar-refractivity contribution in [2.75, 3.05) is 19.7 Å². The Kier molecular flexibility index (Phi) is 6.66. The van der Waals surface area contributed by atoms with E-state index in [1.54, 1.807) is 4.90 Å². The lowest BCUT2D eigenvalue weighted by Crippen LogP contribution is -2.42. The van der Waals surface area contributed by atoms with Gasteiger partial charge in [0, 0.05) is 19.1 Å². The highest BCUT2D eigenvalue weighted by Gasteiger charge is 2.29. The van der Waals surface area contributed by atoms with Gasteiger partial charge in [-0.2, -0.15) is 0 Å². The first-order chi connectivity index (χ1) is 12.6. The third kappa shape index (κ3) is 5.06. The number of likely N-dealkylation sites (tertiary alicyclic amines) is 1. The van der Waals surface area contributed by atoms with Crippen LogP contribution in [0.25, 0.3) is 0 Å². The Morgan fingerprint density at radius 1 is 1.12 bits per heavy atom. The second kappa shape index (κ2) is 9.16. The van der Waals surface area contributed by atoms with Gasteiger partial charge in [-0.05, 0) is 37.1 Å². The van der Waals surface area contributed by atoms with Crippen LogP contribution < -0.4 is 5.32 Å². The van der Waals surface area contributed by atoms with Crippen molar-refractivity contribution in [3.63, 3.8) is 0 Å². The number of hydrogen-bond donors (Lipinski definition) is 1. The Hall–Kier alpha value is -1.89. The van der Waals surface area contributed by atoms with Crippen molar-refractivity contribution in [2.24, 2.45) is 5.92 Å². The summed E-state index contributed by atoms with van der Waals surface area (Å²) in [5.74, 6) is -0.744. The quantitative estimate of drug-likeness (QED) is 0.799. The monoisotopic (exact) mass is 378 g/mol. The second-order valence-electron chi connectivity index (χ2n) is 7.05. The summed E-state index contributed by atoms with van der Waals surface area (Å²) in [6.45, 7) is 0.888. The predicted molar refractivity (Wildman–Crippen MR) is 98.9 cm³/mol. The van der Waals surface area contributed by atoms with Gasteiger partial charge in [0.05, 0.1) is 10.8 Å². The summed E-state index contributed by atoms with van der Waals surface area (Å²) in [7, 11) is 0. The molecule has 1 saturated heterocycles. The molecule has 1 N–H and O–H groups in total. The van der Waals surface area contributed by atoms with Crippen molar-refractivity contribution >= 4 is 29.1 Å². The van der Waals surface area contributed by atoms with Crippen LogP contribution in [0.1, 0.15) is 54.6 Å². The lowest BCUT2D eigenvalue weighted by Gasteiger charge is -2.30. The Balaban J connectivity index is 1.36. The number of carbonyl (C=O) groups excluding carboxylic acids is 3. The number of hydrogen-bond acceptors (Lipinski definition) is 5. The number of rotatable bonds is 5. The average molecular weight is 378 g/mol. The molecule has 0 radical (unpaired) electrons. The van der Waals surface area contributed by atoms with E-state index >= 15 is 0 Å². The number of nitrogens with zero attached hydrogens (tertiary/aromatic N) is 1. The maximum absolute atomic E-state index is 12.3. The molecule has 2 amide bonds. The Labute approximate surface area is 157 Å². The molecule has 1 aliphatic carbocycles. The van der Waals surface area contributed by atoms with Crippen molar-refractivity contribution in [1.29, 1.82) is 0 Å². The highest BCUT2D eigenvalue weighted by Crippen LogP contribution is 2.22. The molecule has 7 heteroatoms. The molecule has 6 nitrogen and oxygen atoms in total. The van der Waals surface area contributed by atoms with Crippen LogP contribution in [0.3, 0.4) is 0 Å². The summed E-state index contributed by atoms with van der Waals surface area (Å²) in [6.07, 6.45) is 6.71. The molecule has 142 valence electrons. The van der Waals surface area contributed by atoms with Crippen LogP contribution in [-0.2, 0) is 14.3 Å². The van der Waals surface area contributed by atoms with Crippen LogP contribution in [0.2, 0.25) is 0 Å². The second-order valence-corrected chi connectivity index (χ2v) is 8.00. The lowest BCUT2D eigenvalue weighted by atomic mass is 9.95. The molecule has 0 unspecified atom stereocenters. The Bertz CT molecular complexity index is 617. The molecule has 0 bridgehead atoms. The van der Waals surface area contributed by atoms with E-state index in [-0.39, 0.29) is 36.4 Å². The molecule has 1 aliphatic heterocycles. The minimum Gasteiger partial charge on any atom is -0.455 e. The van der Waals surface area contributed by atoms with Crippen molar-refractivity contribution < 1.29 is 19.1 Å². The fourth-order valence-corrected chi connectivity index (χ4v) is 4.34. The lowest BCUT2D eigenvalue weighted by molar-refractivity contribution is -0.154. The molecule has 1 saturated carbocycles. The molecule has 2 fully saturated rings. The summed E-state index contributed by atoms with van der Waals surface area (Å²) in [5.41, 5.74) is 0. The minimum atomic E-state index is -0.327. The molecule has 1 aromatic heterocycles. The smallest absolute Gasteiger partial charge is 0.309 e. The van der Waals surface area contributed by atoms with E-state index in [1.165, 1.54) is 17.8 Å². The van der Waals surface area contributed by atoms with Crippen molar-refractivity contribution in [3.05, 3.63) is 22.4 Å². The summed E-state index contributed by atoms with van der Waals surface area (Å²) in [6, 6.07) is 3.90. The van der Waals surface area contributed by atoms with Crippen molar-refractivity contribution in [3.8, 4) is 0 Å². The highest BCUT2D eigenvalue weighted by atomic mass is 32.1. The zero-order valence-electron chi connectivity index (χ0n) is 14.9. The van der Waals surface area contributed by atoms with Gasteiger partial charge in [0.1, 0.15) is 0 Å². The van der Waals surface area contributed by atoms with Crippen LogP contribution in [0.15, 0.2) is 17.5 Å². The molecule has 1 aromatic rings. The summed E-state index contributed by atoms with van der Waals surface area (Å²) < 4.78 is 5.20. The van der Waals surface area contributed by atoms with Crippen LogP contribution in [0, 0.1) is 5.92 Å². The molecule has 3 rings (SSSR count). The Morgan fingerprint density at radius 2 is 1.85 bits per heavy atom. The SMILES string of the molecule is O=C(COC(=O)C1CCN(C(=O)c2cccs2)CC1)NC1CCCCC1. The van der Waals surface area contributed by atoms with E-state index in [1.807, 2.05) is 17.5 Å². The zero-order chi connectivity index (χ0) is 18.4. The summed E-state index contributed by atoms with van der Waals surface area (Å²) >= 11 is 1.43. The molecule has 2 heterocycles. The molecule has 0 atom stereocenters. The molecule has 0 spiro atoms. The van der Waals surface area contributed by atoms with E-state index in [2.05, 4.69) is 5.32 Å². The average Bonchev–Trinajstić information content (AvgIpc) is 3.21. The van der Waals surface area contributed by atoms with Gasteiger partial charge in [0.2, 0.25) is 0 Å². The third-order valence-corrected chi connectivity index (χ3v) is 6.02. The Morgan fingerprint density at radius 3 is 2.50 bits per heavy atom. The number of ether oxygens (including phenoxy) is 1. The van der Waals surface area contributed by atoms with Gasteiger partial charge < -0.3 is 15.0 Å². The minimum absolute atomic E-state index is 0.0266. The van der Waals surface area contributed by atoms with E-state index in [9.17, 15) is 14.4 Å². The van der Waals surface area contributed by atoms with E-state index in [4.69, 9.17) is 4.74 Å². The van der Waals surface area contributed by atoms with Gasteiger partial charge >= 0.3 is 5.97 Å². The summed E-state index contributed by atoms with van der Waals surface area (Å²) in [5, 5.41) is 4.83. The zero-order valence-corrected chi connectivity index (χ0v) is 15.8. The molecule has 0 aromatic carbocycles. The summed E-state index contributed by atoms with van der Waals surface area (Å²) in [4.78, 5) is 38.9. The standard InChI is InChI=1S/C19H26N2O4S/c22-17(20-15-5-2-1-3-6-15)13-25-19(24)14-8-10-21(11-9-14)18(23)16-7-4-12-26-16/h4,7,12,14-15H,1-3,5-6,8-11,13H2,(H,20,22). The first-order valence-electron chi connectivity index (χ1n) is 9.42. The van der Waals surface area contributed by atoms with Gasteiger partial charge in [0.25, 0.3) is 11.8 Å². The normalized spacial score (nSPS) is 19.2. The van der Waals surface area contributed by atoms with Crippen LogP contribution in [-0.4, -0.2) is 48.4 Å². The number of piperidine rings is 1. The first-order valence-corrected chi connectivity index (χ1v) is 10.3.